The highest BCUT2D eigenvalue weighted by molar-refractivity contribution is 7.98. The van der Waals surface area contributed by atoms with Crippen molar-refractivity contribution in [2.45, 2.75) is 54.0 Å². The number of quaternary nitrogens is 1. The van der Waals surface area contributed by atoms with E-state index in [9.17, 15) is 22.7 Å². The van der Waals surface area contributed by atoms with Gasteiger partial charge in [-0.05, 0) is 66.9 Å². The number of carboxylic acid groups (broad SMARTS) is 1. The van der Waals surface area contributed by atoms with E-state index in [1.165, 1.54) is 19.2 Å². The summed E-state index contributed by atoms with van der Waals surface area (Å²) in [7, 11) is 1.81. The van der Waals surface area contributed by atoms with E-state index in [1.54, 1.807) is 35.0 Å². The molecule has 0 radical (unpaired) electrons. The average Bonchev–Trinajstić information content (AvgIpc) is 3.47. The number of nitrogens with zero attached hydrogens (tertiary/aromatic N) is 3. The summed E-state index contributed by atoms with van der Waals surface area (Å²) in [5, 5.41) is 10.5. The van der Waals surface area contributed by atoms with E-state index in [0.29, 0.717) is 56.7 Å². The number of sulfonamides is 1. The SMILES string of the molecule is COc1cc(C(C)(C)c2cnc(SCc3c(F)cc(S(=O)(=O)N(C)[C@@H](CCC[NH+](C)C)C(=O)O)cc3F)n2-c2ccc(F)cc2)ccc1Cl. The largest absolute Gasteiger partial charge is 0.495 e. The van der Waals surface area contributed by atoms with Crippen LogP contribution in [0.25, 0.3) is 5.69 Å². The van der Waals surface area contributed by atoms with Gasteiger partial charge in [0.25, 0.3) is 0 Å². The standard InChI is InChI=1S/C34H38ClF3N4O5S2/c1-34(2,21-9-14-26(35)30(16-21)47-6)31-19-39-33(42(31)23-12-10-22(36)11-13-23)48-20-25-27(37)17-24(18-28(25)38)49(45,46)41(5)29(32(43)44)8-7-15-40(3)4/h9-14,16-19,29H,7-8,15,20H2,1-6H3,(H,43,44)/p+1/t29-/m0/s1. The molecule has 264 valence electrons. The first kappa shape index (κ1) is 38.2. The summed E-state index contributed by atoms with van der Waals surface area (Å²) in [6, 6.07) is 11.1. The number of ether oxygens (including phenoxy) is 1. The van der Waals surface area contributed by atoms with Crippen molar-refractivity contribution in [3.05, 3.63) is 100 Å². The molecule has 1 atom stereocenters. The third kappa shape index (κ3) is 8.43. The van der Waals surface area contributed by atoms with Gasteiger partial charge >= 0.3 is 5.97 Å². The molecular weight excluding hydrogens is 701 g/mol. The Morgan fingerprint density at radius 1 is 1.10 bits per heavy atom. The third-order valence-corrected chi connectivity index (χ3v) is 11.5. The van der Waals surface area contributed by atoms with E-state index < -0.39 is 55.4 Å². The molecule has 1 heterocycles. The van der Waals surface area contributed by atoms with E-state index in [0.717, 1.165) is 29.3 Å². The Balaban J connectivity index is 1.67. The smallest absolute Gasteiger partial charge is 0.322 e. The number of aliphatic carboxylic acids is 1. The Morgan fingerprint density at radius 2 is 1.73 bits per heavy atom. The van der Waals surface area contributed by atoms with Gasteiger partial charge in [-0.25, -0.2) is 26.6 Å². The van der Waals surface area contributed by atoms with E-state index in [2.05, 4.69) is 4.98 Å². The first-order valence-corrected chi connectivity index (χ1v) is 18.1. The van der Waals surface area contributed by atoms with Crippen molar-refractivity contribution in [1.29, 1.82) is 0 Å². The van der Waals surface area contributed by atoms with Crippen LogP contribution in [0.1, 0.15) is 43.5 Å². The molecule has 4 rings (SSSR count). The van der Waals surface area contributed by atoms with Crippen LogP contribution in [-0.4, -0.2) is 74.2 Å². The van der Waals surface area contributed by atoms with Gasteiger partial charge in [-0.15, -0.1) is 0 Å². The number of aromatic nitrogens is 2. The van der Waals surface area contributed by atoms with Crippen molar-refractivity contribution >= 4 is 39.4 Å². The fourth-order valence-electron chi connectivity index (χ4n) is 5.36. The highest BCUT2D eigenvalue weighted by Crippen LogP contribution is 2.39. The monoisotopic (exact) mass is 739 g/mol. The molecule has 3 aromatic carbocycles. The van der Waals surface area contributed by atoms with Gasteiger partial charge in [-0.3, -0.25) is 9.36 Å². The lowest BCUT2D eigenvalue weighted by Gasteiger charge is -2.28. The number of hydrogen-bond donors (Lipinski definition) is 2. The Hall–Kier alpha value is -3.56. The summed E-state index contributed by atoms with van der Waals surface area (Å²) in [4.78, 5) is 16.9. The van der Waals surface area contributed by atoms with Crippen molar-refractivity contribution in [3.63, 3.8) is 0 Å². The number of hydrogen-bond acceptors (Lipinski definition) is 6. The van der Waals surface area contributed by atoms with Crippen LogP contribution in [0.5, 0.6) is 5.75 Å². The zero-order valence-corrected chi connectivity index (χ0v) is 30.3. The summed E-state index contributed by atoms with van der Waals surface area (Å²) in [5.74, 6) is -3.84. The van der Waals surface area contributed by atoms with Crippen LogP contribution < -0.4 is 9.64 Å². The Bertz CT molecular complexity index is 1900. The van der Waals surface area contributed by atoms with Gasteiger partial charge < -0.3 is 14.7 Å². The predicted molar refractivity (Wildman–Crippen MR) is 183 cm³/mol. The van der Waals surface area contributed by atoms with Crippen LogP contribution in [-0.2, 0) is 26.0 Å². The van der Waals surface area contributed by atoms with Gasteiger partial charge in [-0.2, -0.15) is 4.31 Å². The zero-order chi connectivity index (χ0) is 36.3. The molecule has 2 N–H and O–H groups in total. The van der Waals surface area contributed by atoms with E-state index >= 15 is 8.78 Å². The molecule has 0 aliphatic heterocycles. The molecule has 9 nitrogen and oxygen atoms in total. The van der Waals surface area contributed by atoms with Crippen LogP contribution in [0, 0.1) is 17.5 Å². The van der Waals surface area contributed by atoms with Crippen LogP contribution in [0.4, 0.5) is 13.2 Å². The van der Waals surface area contributed by atoms with Crippen LogP contribution in [0.15, 0.2) is 70.8 Å². The van der Waals surface area contributed by atoms with Crippen molar-refractivity contribution in [3.8, 4) is 11.4 Å². The molecule has 0 fully saturated rings. The maximum atomic E-state index is 15.5. The molecule has 4 aromatic rings. The second kappa shape index (κ2) is 15.5. The number of nitrogens with one attached hydrogen (secondary N) is 1. The Kier molecular flexibility index (Phi) is 12.1. The van der Waals surface area contributed by atoms with Gasteiger partial charge in [0, 0.05) is 29.5 Å². The molecule has 49 heavy (non-hydrogen) atoms. The Morgan fingerprint density at radius 3 is 2.31 bits per heavy atom. The molecule has 0 aliphatic carbocycles. The fraction of sp³-hybridized carbons (Fsp3) is 0.353. The molecular formula is C34H39ClF3N4O5S2+. The lowest BCUT2D eigenvalue weighted by molar-refractivity contribution is -0.858. The van der Waals surface area contributed by atoms with Crippen LogP contribution in [0.3, 0.4) is 0 Å². The number of benzene rings is 3. The quantitative estimate of drug-likeness (QED) is 0.154. The number of carbonyl (C=O) groups is 1. The van der Waals surface area contributed by atoms with Crippen molar-refractivity contribution in [2.75, 3.05) is 34.8 Å². The number of methoxy groups -OCH3 is 1. The minimum absolute atomic E-state index is 0.0288. The summed E-state index contributed by atoms with van der Waals surface area (Å²) >= 11 is 7.27. The first-order valence-electron chi connectivity index (χ1n) is 15.3. The van der Waals surface area contributed by atoms with Gasteiger partial charge in [0.05, 0.1) is 49.6 Å². The topological polar surface area (TPSA) is 106 Å². The Labute approximate surface area is 293 Å². The van der Waals surface area contributed by atoms with Gasteiger partial charge in [0.2, 0.25) is 10.0 Å². The lowest BCUT2D eigenvalue weighted by Crippen LogP contribution is -3.05. The third-order valence-electron chi connectivity index (χ3n) is 8.34. The maximum absolute atomic E-state index is 15.5. The second-order valence-electron chi connectivity index (χ2n) is 12.3. The number of thioether (sulfide) groups is 1. The highest BCUT2D eigenvalue weighted by atomic mass is 35.5. The fourth-order valence-corrected chi connectivity index (χ4v) is 7.93. The summed E-state index contributed by atoms with van der Waals surface area (Å²) in [6.45, 7) is 4.52. The predicted octanol–water partition coefficient (Wildman–Crippen LogP) is 5.57. The zero-order valence-electron chi connectivity index (χ0n) is 27.9. The number of carboxylic acids is 1. The molecule has 15 heteroatoms. The minimum atomic E-state index is -4.56. The number of likely N-dealkylation sites (N-methyl/N-ethyl adjacent to an activating group) is 1. The average molecular weight is 740 g/mol. The molecule has 0 bridgehead atoms. The van der Waals surface area contributed by atoms with Crippen LogP contribution in [0.2, 0.25) is 5.02 Å². The van der Waals surface area contributed by atoms with Crippen molar-refractivity contribution in [2.24, 2.45) is 0 Å². The molecule has 0 unspecified atom stereocenters. The normalized spacial score (nSPS) is 12.9. The number of rotatable bonds is 15. The molecule has 0 saturated heterocycles. The minimum Gasteiger partial charge on any atom is -0.495 e. The lowest BCUT2D eigenvalue weighted by atomic mass is 9.81. The van der Waals surface area contributed by atoms with E-state index in [1.807, 2.05) is 34.0 Å². The molecule has 0 aliphatic rings. The highest BCUT2D eigenvalue weighted by Gasteiger charge is 2.34. The summed E-state index contributed by atoms with van der Waals surface area (Å²) in [5.41, 5.74) is 0.952. The van der Waals surface area contributed by atoms with E-state index in [4.69, 9.17) is 16.3 Å². The molecule has 0 saturated carbocycles. The molecule has 0 spiro atoms. The van der Waals surface area contributed by atoms with E-state index in [-0.39, 0.29) is 12.2 Å². The second-order valence-corrected chi connectivity index (χ2v) is 15.7. The van der Waals surface area contributed by atoms with Gasteiger partial charge in [0.15, 0.2) is 5.16 Å². The molecule has 1 aromatic heterocycles. The van der Waals surface area contributed by atoms with Crippen molar-refractivity contribution in [1.82, 2.24) is 13.9 Å². The van der Waals surface area contributed by atoms with Crippen molar-refractivity contribution < 1.29 is 41.1 Å². The van der Waals surface area contributed by atoms with Crippen LogP contribution >= 0.6 is 23.4 Å². The maximum Gasteiger partial charge on any atom is 0.322 e. The summed E-state index contributed by atoms with van der Waals surface area (Å²) < 4.78 is 79.4. The number of imidazole rings is 1. The summed E-state index contributed by atoms with van der Waals surface area (Å²) in [6.07, 6.45) is 2.09. The van der Waals surface area contributed by atoms with Gasteiger partial charge in [-0.1, -0.05) is 43.3 Å². The van der Waals surface area contributed by atoms with Gasteiger partial charge in [0.1, 0.15) is 29.2 Å². The number of halogens is 4. The first-order chi connectivity index (χ1) is 23.0. The molecule has 0 amide bonds.